The van der Waals surface area contributed by atoms with Gasteiger partial charge in [-0.2, -0.15) is 0 Å². The van der Waals surface area contributed by atoms with Gasteiger partial charge in [-0.1, -0.05) is 48.5 Å². The van der Waals surface area contributed by atoms with Crippen molar-refractivity contribution < 1.29 is 29.3 Å². The molecule has 1 heterocycles. The van der Waals surface area contributed by atoms with E-state index in [1.54, 1.807) is 6.92 Å². The molecule has 2 saturated carbocycles. The fourth-order valence-electron chi connectivity index (χ4n) is 8.91. The Balaban J connectivity index is 1.97. The molecular weight excluding hydrogens is 460 g/mol. The minimum absolute atomic E-state index is 0.0494. The molecule has 1 unspecified atom stereocenters. The Hall–Kier alpha value is -0.573. The molecule has 0 aromatic rings. The maximum Gasteiger partial charge on any atom is 0.192 e. The van der Waals surface area contributed by atoms with Crippen molar-refractivity contribution in [1.82, 2.24) is 0 Å². The molecule has 4 rings (SSSR count). The first-order valence-corrected chi connectivity index (χ1v) is 16.3. The second kappa shape index (κ2) is 8.47. The summed E-state index contributed by atoms with van der Waals surface area (Å²) < 4.78 is 13.2. The van der Waals surface area contributed by atoms with Crippen molar-refractivity contribution in [3.63, 3.8) is 0 Å². The van der Waals surface area contributed by atoms with Gasteiger partial charge in [-0.3, -0.25) is 4.79 Å². The number of hydrogen-bond acceptors (Lipinski definition) is 6. The summed E-state index contributed by atoms with van der Waals surface area (Å²) in [5.41, 5.74) is -2.37. The van der Waals surface area contributed by atoms with Crippen LogP contribution in [0.4, 0.5) is 0 Å². The second-order valence-corrected chi connectivity index (χ2v) is 17.8. The molecule has 7 heteroatoms. The third kappa shape index (κ3) is 3.34. The van der Waals surface area contributed by atoms with E-state index >= 15 is 0 Å². The predicted octanol–water partition coefficient (Wildman–Crippen LogP) is 4.23. The highest BCUT2D eigenvalue weighted by Crippen LogP contribution is 2.67. The smallest absolute Gasteiger partial charge is 0.192 e. The van der Waals surface area contributed by atoms with Gasteiger partial charge in [0.1, 0.15) is 6.10 Å². The van der Waals surface area contributed by atoms with Crippen molar-refractivity contribution in [2.24, 2.45) is 28.1 Å². The quantitative estimate of drug-likeness (QED) is 0.380. The molecule has 1 saturated heterocycles. The van der Waals surface area contributed by atoms with Crippen LogP contribution in [0.2, 0.25) is 18.1 Å². The Morgan fingerprint density at radius 2 is 1.66 bits per heavy atom. The van der Waals surface area contributed by atoms with E-state index in [4.69, 9.17) is 9.16 Å². The molecule has 0 amide bonds. The first-order valence-electron chi connectivity index (χ1n) is 13.7. The van der Waals surface area contributed by atoms with Crippen LogP contribution >= 0.6 is 0 Å². The van der Waals surface area contributed by atoms with Crippen LogP contribution in [-0.2, 0) is 14.0 Å². The van der Waals surface area contributed by atoms with Crippen LogP contribution < -0.4 is 0 Å². The summed E-state index contributed by atoms with van der Waals surface area (Å²) in [5.74, 6) is -0.806. The summed E-state index contributed by atoms with van der Waals surface area (Å²) in [7, 11) is -2.09. The molecule has 0 spiro atoms. The van der Waals surface area contributed by atoms with E-state index in [1.807, 2.05) is 27.7 Å². The topological polar surface area (TPSA) is 96.2 Å². The summed E-state index contributed by atoms with van der Waals surface area (Å²) in [4.78, 5) is 14.6. The lowest BCUT2D eigenvalue weighted by Crippen LogP contribution is -2.75. The third-order valence-corrected chi connectivity index (χ3v) is 16.3. The van der Waals surface area contributed by atoms with Gasteiger partial charge >= 0.3 is 0 Å². The molecule has 35 heavy (non-hydrogen) atoms. The number of carbonyl (C=O) groups excluding carboxylic acids is 1. The van der Waals surface area contributed by atoms with Crippen molar-refractivity contribution in [1.29, 1.82) is 0 Å². The summed E-state index contributed by atoms with van der Waals surface area (Å²) in [6.07, 6.45) is -1.89. The molecule has 6 nitrogen and oxygen atoms in total. The van der Waals surface area contributed by atoms with Crippen LogP contribution in [0.3, 0.4) is 0 Å². The van der Waals surface area contributed by atoms with Gasteiger partial charge < -0.3 is 24.5 Å². The van der Waals surface area contributed by atoms with E-state index in [0.717, 1.165) is 18.1 Å². The van der Waals surface area contributed by atoms with E-state index < -0.39 is 37.0 Å². The highest BCUT2D eigenvalue weighted by molar-refractivity contribution is 6.73. The number of aliphatic hydroxyl groups is 3. The maximum absolute atomic E-state index is 14.6. The van der Waals surface area contributed by atoms with Crippen LogP contribution in [0.5, 0.6) is 0 Å². The zero-order chi connectivity index (χ0) is 26.4. The molecule has 0 aromatic heterocycles. The number of aliphatic hydroxyl groups excluding tert-OH is 2. The zero-order valence-corrected chi connectivity index (χ0v) is 24.3. The number of ether oxygens (including phenoxy) is 1. The van der Waals surface area contributed by atoms with Crippen molar-refractivity contribution in [2.45, 2.75) is 123 Å². The van der Waals surface area contributed by atoms with Gasteiger partial charge in [-0.25, -0.2) is 0 Å². The molecule has 2 bridgehead atoms. The first-order chi connectivity index (χ1) is 16.1. The van der Waals surface area contributed by atoms with Crippen LogP contribution in [-0.4, -0.2) is 66.0 Å². The number of rotatable bonds is 5. The van der Waals surface area contributed by atoms with Crippen LogP contribution in [0, 0.1) is 28.1 Å². The van der Waals surface area contributed by atoms with Gasteiger partial charge in [0.25, 0.3) is 0 Å². The molecule has 3 N–H and O–H groups in total. The van der Waals surface area contributed by atoms with Gasteiger partial charge in [0.15, 0.2) is 14.1 Å². The summed E-state index contributed by atoms with van der Waals surface area (Å²) in [6, 6.07) is 2.92. The Morgan fingerprint density at radius 1 is 1.09 bits per heavy atom. The molecular formula is C28H48O6Si. The Kier molecular flexibility index (Phi) is 6.64. The lowest BCUT2D eigenvalue weighted by atomic mass is 9.40. The van der Waals surface area contributed by atoms with E-state index in [0.29, 0.717) is 24.2 Å². The van der Waals surface area contributed by atoms with E-state index in [-0.39, 0.29) is 41.7 Å². The normalized spacial score (nSPS) is 47.4. The molecule has 3 aliphatic carbocycles. The molecule has 9 atom stereocenters. The third-order valence-electron chi connectivity index (χ3n) is 11.6. The minimum Gasteiger partial charge on any atom is -0.413 e. The molecule has 4 aliphatic rings. The van der Waals surface area contributed by atoms with Crippen LogP contribution in [0.15, 0.2) is 11.1 Å². The van der Waals surface area contributed by atoms with Gasteiger partial charge in [0.2, 0.25) is 0 Å². The highest BCUT2D eigenvalue weighted by Gasteiger charge is 2.73. The SMILES string of the molecule is CC[Si](CC)(CC)O[C@H]1C[C@H]2OC[C@@]2(C)C2[C@H](C)[C@]3(O)C[C@H](O)C(C)=C([C@@H](O)C(=O)[C@@]21C)C3(C)C. The Morgan fingerprint density at radius 3 is 2.14 bits per heavy atom. The molecule has 0 aromatic carbocycles. The van der Waals surface area contributed by atoms with Crippen molar-refractivity contribution in [3.05, 3.63) is 11.1 Å². The standard InChI is InChI=1S/C28H48O6Si/c1-10-35(11-2,12-3)34-20-13-19-26(8,15-33-19)23-17(5)28(32)14-18(29)16(4)21(25(28,6)7)22(30)24(31)27(20,23)9/h17-20,22-23,29-30,32H,10-15H2,1-9H3/t17-,18-,19+,20-,22+,23?,26+,27+,28+/m0/s1. The second-order valence-electron chi connectivity index (χ2n) is 13.1. The summed E-state index contributed by atoms with van der Waals surface area (Å²) in [5, 5.41) is 35.2. The van der Waals surface area contributed by atoms with E-state index in [2.05, 4.69) is 27.7 Å². The Bertz CT molecular complexity index is 903. The zero-order valence-electron chi connectivity index (χ0n) is 23.3. The highest BCUT2D eigenvalue weighted by atomic mass is 28.4. The van der Waals surface area contributed by atoms with Crippen molar-refractivity contribution in [2.75, 3.05) is 6.61 Å². The lowest BCUT2D eigenvalue weighted by molar-refractivity contribution is -0.300. The minimum atomic E-state index is -2.09. The predicted molar refractivity (Wildman–Crippen MR) is 138 cm³/mol. The number of carbonyl (C=O) groups is 1. The molecule has 0 radical (unpaired) electrons. The first kappa shape index (κ1) is 27.5. The van der Waals surface area contributed by atoms with Gasteiger partial charge in [0.05, 0.1) is 35.9 Å². The fourth-order valence-corrected chi connectivity index (χ4v) is 11.9. The maximum atomic E-state index is 14.6. The average Bonchev–Trinajstić information content (AvgIpc) is 2.80. The van der Waals surface area contributed by atoms with Gasteiger partial charge in [-0.15, -0.1) is 0 Å². The number of ketones is 1. The monoisotopic (exact) mass is 508 g/mol. The van der Waals surface area contributed by atoms with E-state index in [1.165, 1.54) is 0 Å². The molecule has 3 fully saturated rings. The van der Waals surface area contributed by atoms with Crippen LogP contribution in [0.25, 0.3) is 0 Å². The largest absolute Gasteiger partial charge is 0.413 e. The number of fused-ring (bicyclic) bond motifs is 5. The lowest BCUT2D eigenvalue weighted by Gasteiger charge is -2.69. The number of hydrogen-bond donors (Lipinski definition) is 3. The van der Waals surface area contributed by atoms with Gasteiger partial charge in [0, 0.05) is 23.7 Å². The van der Waals surface area contributed by atoms with Gasteiger partial charge in [-0.05, 0) is 55.0 Å². The van der Waals surface area contributed by atoms with Crippen molar-refractivity contribution >= 4 is 14.1 Å². The summed E-state index contributed by atoms with van der Waals surface area (Å²) >= 11 is 0. The van der Waals surface area contributed by atoms with Crippen LogP contribution in [0.1, 0.15) is 75.2 Å². The average molecular weight is 509 g/mol. The summed E-state index contributed by atoms with van der Waals surface area (Å²) in [6.45, 7) is 18.9. The van der Waals surface area contributed by atoms with E-state index in [9.17, 15) is 20.1 Å². The molecule has 200 valence electrons. The Labute approximate surface area is 212 Å². The fraction of sp³-hybridized carbons (Fsp3) is 0.893. The van der Waals surface area contributed by atoms with Crippen molar-refractivity contribution in [3.8, 4) is 0 Å². The number of Topliss-reactive ketones (excluding diaryl/α,β-unsaturated/α-hetero) is 1. The molecule has 1 aliphatic heterocycles.